The van der Waals surface area contributed by atoms with E-state index in [0.29, 0.717) is 10.8 Å². The van der Waals surface area contributed by atoms with Gasteiger partial charge in [0, 0.05) is 11.2 Å². The highest BCUT2D eigenvalue weighted by Crippen LogP contribution is 2.22. The van der Waals surface area contributed by atoms with Crippen molar-refractivity contribution in [2.75, 3.05) is 0 Å². The van der Waals surface area contributed by atoms with Crippen molar-refractivity contribution in [2.24, 2.45) is 4.99 Å². The highest BCUT2D eigenvalue weighted by Gasteiger charge is 2.28. The molecule has 1 aromatic rings. The summed E-state index contributed by atoms with van der Waals surface area (Å²) in [5.74, 6) is 0.345. The average molecular weight is 258 g/mol. The maximum absolute atomic E-state index is 11.6. The summed E-state index contributed by atoms with van der Waals surface area (Å²) in [6.07, 6.45) is 1.26. The number of nitrogens with zero attached hydrogens (tertiary/aromatic N) is 1. The van der Waals surface area contributed by atoms with E-state index in [1.54, 1.807) is 18.2 Å². The van der Waals surface area contributed by atoms with E-state index in [4.69, 9.17) is 16.3 Å². The van der Waals surface area contributed by atoms with Crippen LogP contribution >= 0.6 is 11.6 Å². The third-order valence-electron chi connectivity index (χ3n) is 2.01. The second kappa shape index (κ2) is 3.92. The zero-order valence-electron chi connectivity index (χ0n) is 8.34. The van der Waals surface area contributed by atoms with Crippen LogP contribution in [-0.4, -0.2) is 13.6 Å². The Labute approximate surface area is 98.1 Å². The molecular formula is C10H8ClNO3S. The normalized spacial score (nSPS) is 17.9. The van der Waals surface area contributed by atoms with Crippen LogP contribution in [0.2, 0.25) is 5.02 Å². The van der Waals surface area contributed by atoms with E-state index in [-0.39, 0.29) is 10.1 Å². The van der Waals surface area contributed by atoms with Crippen LogP contribution in [-0.2, 0) is 9.84 Å². The first-order chi connectivity index (χ1) is 7.50. The highest BCUT2D eigenvalue weighted by molar-refractivity contribution is 8.09. The Bertz CT molecular complexity index is 590. The second-order valence-electron chi connectivity index (χ2n) is 3.20. The topological polar surface area (TPSA) is 55.7 Å². The summed E-state index contributed by atoms with van der Waals surface area (Å²) >= 11 is 5.75. The fourth-order valence-electron chi connectivity index (χ4n) is 1.13. The number of sulfone groups is 1. The van der Waals surface area contributed by atoms with Crippen LogP contribution < -0.4 is 4.74 Å². The van der Waals surface area contributed by atoms with E-state index in [2.05, 4.69) is 4.99 Å². The van der Waals surface area contributed by atoms with Crippen molar-refractivity contribution in [3.05, 3.63) is 40.4 Å². The molecule has 1 aliphatic heterocycles. The first kappa shape index (κ1) is 11.2. The Morgan fingerprint density at radius 2 is 2.12 bits per heavy atom. The Kier molecular flexibility index (Phi) is 2.73. The largest absolute Gasteiger partial charge is 0.430 e. The molecule has 84 valence electrons. The maximum Gasteiger partial charge on any atom is 0.320 e. The molecule has 2 rings (SSSR count). The minimum atomic E-state index is -3.53. The average Bonchev–Trinajstić information content (AvgIpc) is 2.45. The molecule has 0 fully saturated rings. The molecule has 0 atom stereocenters. The number of hydrogen-bond donors (Lipinski definition) is 0. The predicted octanol–water partition coefficient (Wildman–Crippen LogP) is 2.36. The lowest BCUT2D eigenvalue weighted by atomic mass is 10.3. The van der Waals surface area contributed by atoms with E-state index >= 15 is 0 Å². The van der Waals surface area contributed by atoms with Crippen LogP contribution in [0.5, 0.6) is 5.75 Å². The number of hydrogen-bond acceptors (Lipinski definition) is 4. The number of halogens is 1. The Morgan fingerprint density at radius 3 is 2.69 bits per heavy atom. The monoisotopic (exact) mass is 257 g/mol. The summed E-state index contributed by atoms with van der Waals surface area (Å²) < 4.78 is 28.4. The first-order valence-corrected chi connectivity index (χ1v) is 6.29. The van der Waals surface area contributed by atoms with Crippen LogP contribution in [0.3, 0.4) is 0 Å². The molecule has 0 radical (unpaired) electrons. The van der Waals surface area contributed by atoms with Gasteiger partial charge < -0.3 is 4.74 Å². The number of allylic oxidation sites excluding steroid dienone is 1. The van der Waals surface area contributed by atoms with Gasteiger partial charge >= 0.3 is 5.23 Å². The quantitative estimate of drug-likeness (QED) is 0.776. The van der Waals surface area contributed by atoms with E-state index in [1.165, 1.54) is 19.2 Å². The van der Waals surface area contributed by atoms with Gasteiger partial charge in [0.1, 0.15) is 5.75 Å². The van der Waals surface area contributed by atoms with Gasteiger partial charge in [0.25, 0.3) is 9.84 Å². The van der Waals surface area contributed by atoms with Crippen molar-refractivity contribution in [3.8, 4) is 5.75 Å². The standard InChI is InChI=1S/C10H8ClNO3S/c1-7-6-12-10(16(7,13)14)15-9-4-2-3-8(11)5-9/h2-6H,1H3. The molecule has 6 heteroatoms. The highest BCUT2D eigenvalue weighted by atomic mass is 35.5. The van der Waals surface area contributed by atoms with Crippen molar-refractivity contribution in [1.29, 1.82) is 0 Å². The van der Waals surface area contributed by atoms with Gasteiger partial charge in [-0.3, -0.25) is 0 Å². The van der Waals surface area contributed by atoms with Gasteiger partial charge in [-0.05, 0) is 25.1 Å². The van der Waals surface area contributed by atoms with Gasteiger partial charge in [-0.2, -0.15) is 0 Å². The molecule has 0 aliphatic carbocycles. The van der Waals surface area contributed by atoms with Gasteiger partial charge in [0.05, 0.1) is 4.91 Å². The summed E-state index contributed by atoms with van der Waals surface area (Å²) in [4.78, 5) is 3.87. The maximum atomic E-state index is 11.6. The molecule has 0 saturated carbocycles. The Hall–Kier alpha value is -1.33. The lowest BCUT2D eigenvalue weighted by Crippen LogP contribution is -2.18. The molecule has 0 spiro atoms. The number of ether oxygens (including phenoxy) is 1. The second-order valence-corrected chi connectivity index (χ2v) is 5.63. The van der Waals surface area contributed by atoms with E-state index in [9.17, 15) is 8.42 Å². The van der Waals surface area contributed by atoms with Gasteiger partial charge in [-0.25, -0.2) is 13.4 Å². The number of rotatable bonds is 1. The van der Waals surface area contributed by atoms with Crippen molar-refractivity contribution in [1.82, 2.24) is 0 Å². The van der Waals surface area contributed by atoms with Gasteiger partial charge in [-0.1, -0.05) is 17.7 Å². The molecule has 4 nitrogen and oxygen atoms in total. The fourth-order valence-corrected chi connectivity index (χ4v) is 2.18. The lowest BCUT2D eigenvalue weighted by molar-refractivity contribution is 0.549. The van der Waals surface area contributed by atoms with Crippen LogP contribution in [0.25, 0.3) is 0 Å². The predicted molar refractivity (Wildman–Crippen MR) is 62.2 cm³/mol. The van der Waals surface area contributed by atoms with Crippen LogP contribution in [0.1, 0.15) is 6.92 Å². The van der Waals surface area contributed by atoms with Gasteiger partial charge in [0.2, 0.25) is 0 Å². The third kappa shape index (κ3) is 1.96. The molecule has 0 bridgehead atoms. The lowest BCUT2D eigenvalue weighted by Gasteiger charge is -2.05. The summed E-state index contributed by atoms with van der Waals surface area (Å²) in [5, 5.41) is 0.158. The van der Waals surface area contributed by atoms with Gasteiger partial charge in [-0.15, -0.1) is 0 Å². The van der Waals surface area contributed by atoms with E-state index < -0.39 is 9.84 Å². The molecule has 0 N–H and O–H groups in total. The summed E-state index contributed by atoms with van der Waals surface area (Å²) in [6, 6.07) is 6.47. The molecule has 0 amide bonds. The minimum absolute atomic E-state index is 0.171. The summed E-state index contributed by atoms with van der Waals surface area (Å²) in [5.41, 5.74) is 0. The molecule has 16 heavy (non-hydrogen) atoms. The molecular weight excluding hydrogens is 250 g/mol. The zero-order chi connectivity index (χ0) is 11.8. The summed E-state index contributed by atoms with van der Waals surface area (Å²) in [7, 11) is -3.53. The Morgan fingerprint density at radius 1 is 1.38 bits per heavy atom. The minimum Gasteiger partial charge on any atom is -0.430 e. The van der Waals surface area contributed by atoms with Crippen molar-refractivity contribution >= 4 is 26.7 Å². The molecule has 0 saturated heterocycles. The first-order valence-electron chi connectivity index (χ1n) is 4.43. The number of aliphatic imine (C=N–C) groups is 1. The van der Waals surface area contributed by atoms with Crippen molar-refractivity contribution < 1.29 is 13.2 Å². The molecule has 1 aliphatic rings. The Balaban J connectivity index is 2.26. The van der Waals surface area contributed by atoms with E-state index in [0.717, 1.165) is 0 Å². The van der Waals surface area contributed by atoms with E-state index in [1.807, 2.05) is 0 Å². The zero-order valence-corrected chi connectivity index (χ0v) is 9.92. The third-order valence-corrected chi connectivity index (χ3v) is 3.84. The molecule has 0 unspecified atom stereocenters. The van der Waals surface area contributed by atoms with Gasteiger partial charge in [0.15, 0.2) is 0 Å². The fraction of sp³-hybridized carbons (Fsp3) is 0.100. The number of benzene rings is 1. The summed E-state index contributed by atoms with van der Waals surface area (Å²) in [6.45, 7) is 1.47. The SMILES string of the molecule is CC1=CN=C(Oc2cccc(Cl)c2)S1(=O)=O. The smallest absolute Gasteiger partial charge is 0.320 e. The van der Waals surface area contributed by atoms with Crippen LogP contribution in [0.4, 0.5) is 0 Å². The van der Waals surface area contributed by atoms with Crippen LogP contribution in [0, 0.1) is 0 Å². The molecule has 1 aromatic carbocycles. The molecule has 1 heterocycles. The molecule has 0 aromatic heterocycles. The van der Waals surface area contributed by atoms with Crippen LogP contribution in [0.15, 0.2) is 40.4 Å². The van der Waals surface area contributed by atoms with Crippen molar-refractivity contribution in [3.63, 3.8) is 0 Å². The van der Waals surface area contributed by atoms with Crippen molar-refractivity contribution in [2.45, 2.75) is 6.92 Å².